The van der Waals surface area contributed by atoms with Crippen molar-refractivity contribution in [1.29, 1.82) is 0 Å². The van der Waals surface area contributed by atoms with E-state index in [-0.39, 0.29) is 0 Å². The number of para-hydroxylation sites is 1. The molecule has 22 heavy (non-hydrogen) atoms. The number of aromatic nitrogens is 1. The lowest BCUT2D eigenvalue weighted by molar-refractivity contribution is 0.356. The fourth-order valence-corrected chi connectivity index (χ4v) is 2.83. The predicted octanol–water partition coefficient (Wildman–Crippen LogP) is 3.35. The Morgan fingerprint density at radius 3 is 2.59 bits per heavy atom. The SMILES string of the molecule is COc1cc(CCN)cc(-c2c[nH]c3ccccc23)c1OC. The van der Waals surface area contributed by atoms with Gasteiger partial charge in [-0.25, -0.2) is 0 Å². The van der Waals surface area contributed by atoms with E-state index in [1.807, 2.05) is 24.4 Å². The molecule has 2 aromatic carbocycles. The molecular weight excluding hydrogens is 276 g/mol. The molecule has 3 aromatic rings. The van der Waals surface area contributed by atoms with Crippen molar-refractivity contribution in [2.24, 2.45) is 5.73 Å². The largest absolute Gasteiger partial charge is 0.493 e. The zero-order chi connectivity index (χ0) is 15.5. The van der Waals surface area contributed by atoms with Crippen LogP contribution < -0.4 is 15.2 Å². The molecule has 0 saturated heterocycles. The van der Waals surface area contributed by atoms with Crippen LogP contribution in [0.3, 0.4) is 0 Å². The molecule has 4 heteroatoms. The first-order valence-electron chi connectivity index (χ1n) is 7.30. The molecule has 3 N–H and O–H groups in total. The van der Waals surface area contributed by atoms with E-state index in [1.54, 1.807) is 14.2 Å². The van der Waals surface area contributed by atoms with Crippen LogP contribution in [0.15, 0.2) is 42.6 Å². The number of nitrogens with one attached hydrogen (secondary N) is 1. The zero-order valence-corrected chi connectivity index (χ0v) is 12.8. The molecule has 4 nitrogen and oxygen atoms in total. The predicted molar refractivity (Wildman–Crippen MR) is 89.6 cm³/mol. The number of aromatic amines is 1. The number of rotatable bonds is 5. The van der Waals surface area contributed by atoms with Crippen LogP contribution in [-0.4, -0.2) is 25.7 Å². The Morgan fingerprint density at radius 1 is 1.05 bits per heavy atom. The van der Waals surface area contributed by atoms with Crippen LogP contribution in [0.2, 0.25) is 0 Å². The average Bonchev–Trinajstić information content (AvgIpc) is 2.98. The summed E-state index contributed by atoms with van der Waals surface area (Å²) in [4.78, 5) is 3.31. The zero-order valence-electron chi connectivity index (χ0n) is 12.8. The molecular formula is C18H20N2O2. The molecule has 0 spiro atoms. The highest BCUT2D eigenvalue weighted by Gasteiger charge is 2.16. The Kier molecular flexibility index (Phi) is 4.02. The van der Waals surface area contributed by atoms with Crippen molar-refractivity contribution in [1.82, 2.24) is 4.98 Å². The van der Waals surface area contributed by atoms with Gasteiger partial charge in [-0.1, -0.05) is 18.2 Å². The van der Waals surface area contributed by atoms with E-state index in [9.17, 15) is 0 Å². The number of hydrogen-bond donors (Lipinski definition) is 2. The van der Waals surface area contributed by atoms with Gasteiger partial charge in [-0.2, -0.15) is 0 Å². The van der Waals surface area contributed by atoms with Gasteiger partial charge in [0, 0.05) is 28.2 Å². The molecule has 0 aliphatic rings. The van der Waals surface area contributed by atoms with Crippen molar-refractivity contribution in [2.45, 2.75) is 6.42 Å². The van der Waals surface area contributed by atoms with E-state index in [1.165, 1.54) is 0 Å². The molecule has 0 aliphatic carbocycles. The molecule has 1 aromatic heterocycles. The second kappa shape index (κ2) is 6.12. The van der Waals surface area contributed by atoms with E-state index in [4.69, 9.17) is 15.2 Å². The molecule has 0 fully saturated rings. The van der Waals surface area contributed by atoms with E-state index < -0.39 is 0 Å². The van der Waals surface area contributed by atoms with Crippen LogP contribution in [0.1, 0.15) is 5.56 Å². The maximum Gasteiger partial charge on any atom is 0.168 e. The Hall–Kier alpha value is -2.46. The minimum Gasteiger partial charge on any atom is -0.493 e. The van der Waals surface area contributed by atoms with Gasteiger partial charge < -0.3 is 20.2 Å². The lowest BCUT2D eigenvalue weighted by atomic mass is 9.99. The van der Waals surface area contributed by atoms with Crippen molar-refractivity contribution < 1.29 is 9.47 Å². The Morgan fingerprint density at radius 2 is 1.86 bits per heavy atom. The van der Waals surface area contributed by atoms with Crippen molar-refractivity contribution in [3.8, 4) is 22.6 Å². The molecule has 0 radical (unpaired) electrons. The van der Waals surface area contributed by atoms with Crippen molar-refractivity contribution in [2.75, 3.05) is 20.8 Å². The molecule has 0 amide bonds. The average molecular weight is 296 g/mol. The first-order chi connectivity index (χ1) is 10.8. The van der Waals surface area contributed by atoms with E-state index in [0.29, 0.717) is 6.54 Å². The van der Waals surface area contributed by atoms with Crippen LogP contribution >= 0.6 is 0 Å². The number of methoxy groups -OCH3 is 2. The van der Waals surface area contributed by atoms with Gasteiger partial charge in [-0.15, -0.1) is 0 Å². The monoisotopic (exact) mass is 296 g/mol. The molecule has 0 unspecified atom stereocenters. The Labute approximate surface area is 129 Å². The van der Waals surface area contributed by atoms with E-state index in [2.05, 4.69) is 23.2 Å². The Bertz CT molecular complexity index is 793. The summed E-state index contributed by atoms with van der Waals surface area (Å²) >= 11 is 0. The number of H-pyrrole nitrogens is 1. The molecule has 1 heterocycles. The van der Waals surface area contributed by atoms with Crippen molar-refractivity contribution in [3.63, 3.8) is 0 Å². The lowest BCUT2D eigenvalue weighted by Gasteiger charge is -2.15. The Balaban J connectivity index is 2.25. The third-order valence-corrected chi connectivity index (χ3v) is 3.85. The summed E-state index contributed by atoms with van der Waals surface area (Å²) in [5.74, 6) is 1.47. The number of benzene rings is 2. The molecule has 0 aliphatic heterocycles. The summed E-state index contributed by atoms with van der Waals surface area (Å²) in [7, 11) is 3.32. The van der Waals surface area contributed by atoms with E-state index >= 15 is 0 Å². The molecule has 3 rings (SSSR count). The minimum absolute atomic E-state index is 0.600. The van der Waals surface area contributed by atoms with Crippen LogP contribution in [0, 0.1) is 0 Å². The maximum atomic E-state index is 5.70. The first kappa shape index (κ1) is 14.5. The summed E-state index contributed by atoms with van der Waals surface area (Å²) in [6, 6.07) is 12.3. The second-order valence-electron chi connectivity index (χ2n) is 5.17. The molecule has 114 valence electrons. The molecule has 0 atom stereocenters. The summed E-state index contributed by atoms with van der Waals surface area (Å²) in [6.07, 6.45) is 2.81. The summed E-state index contributed by atoms with van der Waals surface area (Å²) < 4.78 is 11.1. The van der Waals surface area contributed by atoms with Gasteiger partial charge in [0.05, 0.1) is 14.2 Å². The summed E-state index contributed by atoms with van der Waals surface area (Å²) in [5, 5.41) is 1.16. The van der Waals surface area contributed by atoms with Gasteiger partial charge in [0.15, 0.2) is 11.5 Å². The molecule has 0 saturated carbocycles. The highest BCUT2D eigenvalue weighted by Crippen LogP contribution is 2.41. The number of fused-ring (bicyclic) bond motifs is 1. The van der Waals surface area contributed by atoms with Crippen LogP contribution in [0.4, 0.5) is 0 Å². The third-order valence-electron chi connectivity index (χ3n) is 3.85. The van der Waals surface area contributed by atoms with Crippen molar-refractivity contribution in [3.05, 3.63) is 48.2 Å². The second-order valence-corrected chi connectivity index (χ2v) is 5.17. The van der Waals surface area contributed by atoms with Crippen molar-refractivity contribution >= 4 is 10.9 Å². The van der Waals surface area contributed by atoms with Gasteiger partial charge in [-0.05, 0) is 36.7 Å². The van der Waals surface area contributed by atoms with Gasteiger partial charge >= 0.3 is 0 Å². The topological polar surface area (TPSA) is 60.3 Å². The maximum absolute atomic E-state index is 5.70. The van der Waals surface area contributed by atoms with Crippen LogP contribution in [0.25, 0.3) is 22.0 Å². The summed E-state index contributed by atoms with van der Waals surface area (Å²) in [6.45, 7) is 0.600. The quantitative estimate of drug-likeness (QED) is 0.759. The highest BCUT2D eigenvalue weighted by molar-refractivity contribution is 5.97. The van der Waals surface area contributed by atoms with E-state index in [0.717, 1.165) is 45.5 Å². The fraction of sp³-hybridized carbons (Fsp3) is 0.222. The van der Waals surface area contributed by atoms with Crippen LogP contribution in [-0.2, 0) is 6.42 Å². The standard InChI is InChI=1S/C18H20N2O2/c1-21-17-10-12(7-8-19)9-14(18(17)22-2)15-11-20-16-6-4-3-5-13(15)16/h3-6,9-11,20H,7-8,19H2,1-2H3. The third kappa shape index (κ3) is 2.42. The fourth-order valence-electron chi connectivity index (χ4n) is 2.83. The smallest absolute Gasteiger partial charge is 0.168 e. The number of ether oxygens (including phenoxy) is 2. The van der Waals surface area contributed by atoms with Crippen LogP contribution in [0.5, 0.6) is 11.5 Å². The number of nitrogens with two attached hydrogens (primary N) is 1. The normalized spacial score (nSPS) is 10.9. The van der Waals surface area contributed by atoms with Gasteiger partial charge in [0.1, 0.15) is 0 Å². The molecule has 0 bridgehead atoms. The first-order valence-corrected chi connectivity index (χ1v) is 7.30. The highest BCUT2D eigenvalue weighted by atomic mass is 16.5. The van der Waals surface area contributed by atoms with Gasteiger partial charge in [0.25, 0.3) is 0 Å². The lowest BCUT2D eigenvalue weighted by Crippen LogP contribution is -2.04. The summed E-state index contributed by atoms with van der Waals surface area (Å²) in [5.41, 5.74) is 10.1. The minimum atomic E-state index is 0.600. The van der Waals surface area contributed by atoms with Gasteiger partial charge in [0.2, 0.25) is 0 Å². The van der Waals surface area contributed by atoms with Gasteiger partial charge in [-0.3, -0.25) is 0 Å². The number of hydrogen-bond acceptors (Lipinski definition) is 3.